The van der Waals surface area contributed by atoms with Crippen molar-refractivity contribution in [2.24, 2.45) is 0 Å². The molecule has 0 spiro atoms. The van der Waals surface area contributed by atoms with Crippen molar-refractivity contribution >= 4 is 17.1 Å². The molecule has 18 nitrogen and oxygen atoms in total. The summed E-state index contributed by atoms with van der Waals surface area (Å²) in [5, 5.41) is 18.5. The number of rotatable bonds is 21. The Kier molecular flexibility index (Phi) is 10.5. The summed E-state index contributed by atoms with van der Waals surface area (Å²) in [7, 11) is 0. The van der Waals surface area contributed by atoms with Gasteiger partial charge in [0.25, 0.3) is 17.7 Å². The van der Waals surface area contributed by atoms with Gasteiger partial charge >= 0.3 is 0 Å². The van der Waals surface area contributed by atoms with Gasteiger partial charge in [-0.2, -0.15) is 15.0 Å². The van der Waals surface area contributed by atoms with E-state index in [0.29, 0.717) is 6.42 Å². The topological polar surface area (TPSA) is 194 Å². The van der Waals surface area contributed by atoms with E-state index in [-0.39, 0.29) is 41.5 Å². The van der Waals surface area contributed by atoms with Crippen molar-refractivity contribution in [3.8, 4) is 85.8 Å². The molecule has 3 atom stereocenters. The molecule has 3 aliphatic carbocycles. The van der Waals surface area contributed by atoms with Gasteiger partial charge in [0.1, 0.15) is 17.2 Å². The number of nitrogens with one attached hydrogen (secondary N) is 3. The Labute approximate surface area is 579 Å². The van der Waals surface area contributed by atoms with Crippen LogP contribution in [-0.4, -0.2) is 68.3 Å². The van der Waals surface area contributed by atoms with Crippen LogP contribution in [0.25, 0.3) is 83.1 Å². The lowest BCUT2D eigenvalue weighted by atomic mass is 10.0. The molecule has 90 heavy (non-hydrogen) atoms. The minimum Gasteiger partial charge on any atom is -0.502 e. The first-order chi connectivity index (χ1) is 58.3. The number of benzene rings is 6. The van der Waals surface area contributed by atoms with Gasteiger partial charge in [-0.1, -0.05) is 90.6 Å². The molecular formula is C72H78N12O6. The fraction of sp³-hybridized carbons (Fsp3) is 0.375. The van der Waals surface area contributed by atoms with E-state index < -0.39 is 310 Å². The maximum Gasteiger partial charge on any atom is 0.256 e. The molecule has 3 aliphatic rings. The van der Waals surface area contributed by atoms with Crippen molar-refractivity contribution in [2.75, 3.05) is 19.6 Å². The number of fused-ring (bicyclic) bond motifs is 3. The first-order valence-corrected chi connectivity index (χ1v) is 27.6. The molecule has 12 rings (SSSR count). The van der Waals surface area contributed by atoms with E-state index in [1.165, 1.54) is 6.92 Å². The zero-order valence-corrected chi connectivity index (χ0v) is 49.5. The van der Waals surface area contributed by atoms with Crippen molar-refractivity contribution in [3.05, 3.63) is 176 Å². The molecule has 9 aromatic rings. The maximum absolute atomic E-state index is 8.97. The average molecular weight is 1240 g/mol. The molecule has 0 unspecified atom stereocenters. The van der Waals surface area contributed by atoms with Crippen LogP contribution in [0.1, 0.15) is 203 Å². The maximum atomic E-state index is 8.97. The second kappa shape index (κ2) is 29.7. The highest BCUT2D eigenvalue weighted by atomic mass is 16.5. The highest BCUT2D eigenvalue weighted by Gasteiger charge is 2.30. The SMILES string of the molecule is [2H]c1c([2H])c(-c2noc(-c3c([2H])c([2H])c(OC(C)C)c([N+]#[C-])c3[2H])n2)c2c(c1[2H])[C@@]([2H])(NC([2H])([2H])CC)C([2H])([2H])C2([2H])[2H].[2H]c1c([2H])c(-c2noc(-c3c([2H])c([2H])c(OC(C)C)c([N+]#[C-])c3[2H])n2)c2c(c1[2H])[C@@]([2H])(NCC([2H])([2H])C)C([2H])([2H])C2([2H])[2H].[2H]c1c([2H])c(-c2noc(-c3c([2H])c([2H])c(OC(C)C)c([N+]#[C-])c3[2H])n2)c2c(c1[2H])[C@@]([2H])(NCCC)C([2H])([2H])C2([2H])[2H]. The standard InChI is InChI=1S/3C24H26N4O2/c3*1-5-13-26-20-11-10-17-18(20)7-6-8-19(17)23-27-24(30-28-23)16-9-12-22(29-15(2)3)21(14-16)25-4/h3*6-9,12,14-15,20,26H,5,10-11,13H2,1-3H3/t3*20-/m000/s1/i6D,7D,8D,9D,10D2,11D2,12D,13D2,14D,20D;5D2,6D,7D,8D,9D,10D2,11D2,12D,14D,20D;6D,7D,8D,9D,10D2,11D2,12D,14D,20D. The zero-order chi connectivity index (χ0) is 96.0. The van der Waals surface area contributed by atoms with Gasteiger partial charge in [-0.05, 0) is 206 Å². The minimum atomic E-state index is -3.25. The van der Waals surface area contributed by atoms with Crippen LogP contribution in [0.5, 0.6) is 17.2 Å². The molecule has 0 aliphatic heterocycles. The molecular weight excluding hydrogens is 1130 g/mol. The van der Waals surface area contributed by atoms with E-state index in [2.05, 4.69) is 60.9 Å². The fourth-order valence-corrected chi connectivity index (χ4v) is 8.14. The van der Waals surface area contributed by atoms with E-state index >= 15 is 0 Å². The van der Waals surface area contributed by atoms with Crippen molar-refractivity contribution in [3.63, 3.8) is 0 Å². The lowest BCUT2D eigenvalue weighted by Gasteiger charge is -2.13. The zero-order valence-electron chi connectivity index (χ0n) is 86.5. The summed E-state index contributed by atoms with van der Waals surface area (Å²) in [5.74, 6) is -4.19. The van der Waals surface area contributed by atoms with Gasteiger partial charge in [0.2, 0.25) is 34.5 Å². The second-order valence-electron chi connectivity index (χ2n) is 19.6. The highest BCUT2D eigenvalue weighted by molar-refractivity contribution is 5.74. The van der Waals surface area contributed by atoms with E-state index in [0.717, 1.165) is 6.92 Å². The Morgan fingerprint density at radius 2 is 0.856 bits per heavy atom. The summed E-state index contributed by atoms with van der Waals surface area (Å²) in [5.41, 5.74) is -7.90. The predicted molar refractivity (Wildman–Crippen MR) is 350 cm³/mol. The summed E-state index contributed by atoms with van der Waals surface area (Å²) < 4.78 is 347. The largest absolute Gasteiger partial charge is 0.502 e. The number of aromatic nitrogens is 6. The van der Waals surface area contributed by atoms with E-state index in [1.54, 1.807) is 48.5 Å². The smallest absolute Gasteiger partial charge is 0.256 e. The molecule has 18 heteroatoms. The van der Waals surface area contributed by atoms with Crippen LogP contribution >= 0.6 is 0 Å². The molecule has 0 saturated heterocycles. The molecule has 0 fully saturated rings. The monoisotopic (exact) mass is 1240 g/mol. The molecule has 0 bridgehead atoms. The third-order valence-electron chi connectivity index (χ3n) is 12.0. The van der Waals surface area contributed by atoms with Gasteiger partial charge in [0, 0.05) is 77.5 Å². The highest BCUT2D eigenvalue weighted by Crippen LogP contribution is 2.42. The number of hydrogen-bond donors (Lipinski definition) is 3. The predicted octanol–water partition coefficient (Wildman–Crippen LogP) is 17.2. The van der Waals surface area contributed by atoms with Gasteiger partial charge in [-0.25, -0.2) is 14.5 Å². The summed E-state index contributed by atoms with van der Waals surface area (Å²) >= 11 is 0. The van der Waals surface area contributed by atoms with E-state index in [1.807, 2.05) is 0 Å². The van der Waals surface area contributed by atoms with Crippen molar-refractivity contribution in [1.82, 2.24) is 46.4 Å². The minimum absolute atomic E-state index is 0.101. The van der Waals surface area contributed by atoms with E-state index in [4.69, 9.17) is 98.2 Å². The van der Waals surface area contributed by atoms with Gasteiger partial charge < -0.3 is 43.7 Å². The second-order valence-corrected chi connectivity index (χ2v) is 19.6. The van der Waals surface area contributed by atoms with Crippen molar-refractivity contribution in [1.29, 1.82) is 0 Å². The van der Waals surface area contributed by atoms with Crippen LogP contribution in [0.4, 0.5) is 17.1 Å². The fourth-order valence-electron chi connectivity index (χ4n) is 8.14. The van der Waals surface area contributed by atoms with Crippen LogP contribution in [-0.2, 0) is 19.1 Å². The van der Waals surface area contributed by atoms with Crippen molar-refractivity contribution < 1.29 is 78.5 Å². The molecule has 0 amide bonds. The van der Waals surface area contributed by atoms with Crippen LogP contribution < -0.4 is 30.2 Å². The number of nitrogens with zero attached hydrogens (tertiary/aromatic N) is 9. The van der Waals surface area contributed by atoms with Crippen molar-refractivity contribution in [2.45, 2.75) is 156 Å². The van der Waals surface area contributed by atoms with Gasteiger partial charge in [0.05, 0.1) is 62.7 Å². The Balaban J connectivity index is 0.000000199. The lowest BCUT2D eigenvalue weighted by Crippen LogP contribution is -2.19. The number of ether oxygens (including phenoxy) is 3. The van der Waals surface area contributed by atoms with Gasteiger partial charge in [0.15, 0.2) is 0 Å². The Bertz CT molecular complexity index is 6110. The van der Waals surface area contributed by atoms with Crippen LogP contribution in [0.15, 0.2) is 122 Å². The summed E-state index contributed by atoms with van der Waals surface area (Å²) in [4.78, 5) is 22.1. The normalized spacial score (nSPS) is 27.3. The van der Waals surface area contributed by atoms with E-state index in [9.17, 15) is 0 Å². The Morgan fingerprint density at radius 1 is 0.511 bits per heavy atom. The van der Waals surface area contributed by atoms with Crippen LogP contribution in [0.2, 0.25) is 0 Å². The summed E-state index contributed by atoms with van der Waals surface area (Å²) in [6.45, 7) is 33.8. The van der Waals surface area contributed by atoms with Gasteiger partial charge in [-0.3, -0.25) is 0 Å². The summed E-state index contributed by atoms with van der Waals surface area (Å²) in [6, 6.07) is -20.3. The molecule has 3 heterocycles. The summed E-state index contributed by atoms with van der Waals surface area (Å²) in [6.07, 6.45) is -21.8. The Hall–Kier alpha value is -9.51. The first-order valence-electron chi connectivity index (χ1n) is 46.1. The molecule has 0 radical (unpaired) electrons. The molecule has 3 N–H and O–H groups in total. The molecule has 3 aromatic heterocycles. The first kappa shape index (κ1) is 31.8. The quantitative estimate of drug-likeness (QED) is 0.0575. The molecule has 0 saturated carbocycles. The Morgan fingerprint density at radius 3 is 1.17 bits per heavy atom. The molecule has 462 valence electrons. The third-order valence-corrected chi connectivity index (χ3v) is 12.0. The average Bonchev–Trinajstić information content (AvgIpc) is 1.52. The van der Waals surface area contributed by atoms with Crippen LogP contribution in [0, 0.1) is 19.7 Å². The number of hydrogen-bond acceptors (Lipinski definition) is 15. The van der Waals surface area contributed by atoms with Gasteiger partial charge in [-0.15, -0.1) is 0 Å². The van der Waals surface area contributed by atoms with Crippen LogP contribution in [0.3, 0.4) is 0 Å². The third kappa shape index (κ3) is 14.6. The molecule has 6 aromatic carbocycles. The lowest BCUT2D eigenvalue weighted by molar-refractivity contribution is 0.244.